The van der Waals surface area contributed by atoms with E-state index in [0.29, 0.717) is 25.9 Å². The molecule has 1 aliphatic rings. The lowest BCUT2D eigenvalue weighted by molar-refractivity contribution is -0.151. The van der Waals surface area contributed by atoms with Gasteiger partial charge in [0.25, 0.3) is 0 Å². The standard InChI is InChI=1S/C17H30N2O4/c1-5-17(2,3)16(23)18-10-11-19(4)14(20)12-8-6-7-9-13(12)15(21)22/h12-13H,5-11H2,1-4H3,(H,18,23)(H,21,22). The summed E-state index contributed by atoms with van der Waals surface area (Å²) in [7, 11) is 1.67. The minimum atomic E-state index is -0.880. The topological polar surface area (TPSA) is 86.7 Å². The van der Waals surface area contributed by atoms with Crippen molar-refractivity contribution >= 4 is 17.8 Å². The molecule has 2 N–H and O–H groups in total. The van der Waals surface area contributed by atoms with Crippen LogP contribution in [0.15, 0.2) is 0 Å². The number of likely N-dealkylation sites (N-methyl/N-ethyl adjacent to an activating group) is 1. The van der Waals surface area contributed by atoms with Crippen molar-refractivity contribution in [3.63, 3.8) is 0 Å². The van der Waals surface area contributed by atoms with Crippen LogP contribution in [0, 0.1) is 17.3 Å². The molecule has 2 unspecified atom stereocenters. The number of carbonyl (C=O) groups excluding carboxylic acids is 2. The van der Waals surface area contributed by atoms with Gasteiger partial charge < -0.3 is 15.3 Å². The van der Waals surface area contributed by atoms with E-state index in [1.165, 1.54) is 0 Å². The van der Waals surface area contributed by atoms with Gasteiger partial charge in [0.15, 0.2) is 0 Å². The van der Waals surface area contributed by atoms with E-state index in [1.807, 2.05) is 20.8 Å². The summed E-state index contributed by atoms with van der Waals surface area (Å²) in [6, 6.07) is 0. The van der Waals surface area contributed by atoms with Gasteiger partial charge in [0.2, 0.25) is 11.8 Å². The Morgan fingerprint density at radius 1 is 1.17 bits per heavy atom. The van der Waals surface area contributed by atoms with Gasteiger partial charge in [-0.1, -0.05) is 33.6 Å². The second kappa shape index (κ2) is 8.31. The van der Waals surface area contributed by atoms with Crippen LogP contribution in [0.25, 0.3) is 0 Å². The molecule has 0 aromatic carbocycles. The fourth-order valence-electron chi connectivity index (χ4n) is 2.85. The lowest BCUT2D eigenvalue weighted by Crippen LogP contribution is -2.45. The highest BCUT2D eigenvalue weighted by atomic mass is 16.4. The number of rotatable bonds is 7. The second-order valence-corrected chi connectivity index (χ2v) is 7.09. The molecule has 2 amide bonds. The highest BCUT2D eigenvalue weighted by Crippen LogP contribution is 2.31. The van der Waals surface area contributed by atoms with Crippen molar-refractivity contribution in [1.82, 2.24) is 10.2 Å². The number of hydrogen-bond acceptors (Lipinski definition) is 3. The van der Waals surface area contributed by atoms with Gasteiger partial charge in [-0.25, -0.2) is 0 Å². The number of nitrogens with one attached hydrogen (secondary N) is 1. The molecule has 2 atom stereocenters. The number of hydrogen-bond donors (Lipinski definition) is 2. The highest BCUT2D eigenvalue weighted by Gasteiger charge is 2.37. The molecule has 0 bridgehead atoms. The molecular weight excluding hydrogens is 296 g/mol. The van der Waals surface area contributed by atoms with Crippen LogP contribution in [0.2, 0.25) is 0 Å². The number of carbonyl (C=O) groups is 3. The van der Waals surface area contributed by atoms with E-state index in [-0.39, 0.29) is 11.8 Å². The van der Waals surface area contributed by atoms with Crippen molar-refractivity contribution in [2.75, 3.05) is 20.1 Å². The van der Waals surface area contributed by atoms with Crippen LogP contribution in [0.3, 0.4) is 0 Å². The summed E-state index contributed by atoms with van der Waals surface area (Å²) in [4.78, 5) is 37.3. The van der Waals surface area contributed by atoms with Gasteiger partial charge in [-0.2, -0.15) is 0 Å². The Bertz CT molecular complexity index is 448. The van der Waals surface area contributed by atoms with Crippen molar-refractivity contribution in [2.45, 2.75) is 52.9 Å². The fraction of sp³-hybridized carbons (Fsp3) is 0.824. The number of carboxylic acids is 1. The van der Waals surface area contributed by atoms with Crippen molar-refractivity contribution in [3.8, 4) is 0 Å². The minimum absolute atomic E-state index is 0.0260. The molecule has 1 fully saturated rings. The first kappa shape index (κ1) is 19.5. The SMILES string of the molecule is CCC(C)(C)C(=O)NCCN(C)C(=O)C1CCCCC1C(=O)O. The van der Waals surface area contributed by atoms with E-state index >= 15 is 0 Å². The third kappa shape index (κ3) is 5.22. The predicted molar refractivity (Wildman–Crippen MR) is 87.8 cm³/mol. The maximum atomic E-state index is 12.5. The van der Waals surface area contributed by atoms with E-state index in [1.54, 1.807) is 11.9 Å². The quantitative estimate of drug-likeness (QED) is 0.748. The maximum absolute atomic E-state index is 12.5. The van der Waals surface area contributed by atoms with Gasteiger partial charge in [0.05, 0.1) is 11.8 Å². The zero-order valence-electron chi connectivity index (χ0n) is 14.7. The van der Waals surface area contributed by atoms with E-state index in [4.69, 9.17) is 0 Å². The number of nitrogens with zero attached hydrogens (tertiary/aromatic N) is 1. The summed E-state index contributed by atoms with van der Waals surface area (Å²) in [5.74, 6) is -2.04. The normalized spacial score (nSPS) is 21.6. The summed E-state index contributed by atoms with van der Waals surface area (Å²) < 4.78 is 0. The third-order valence-corrected chi connectivity index (χ3v) is 5.01. The number of amides is 2. The Hall–Kier alpha value is -1.59. The average molecular weight is 326 g/mol. The van der Waals surface area contributed by atoms with E-state index in [2.05, 4.69) is 5.32 Å². The van der Waals surface area contributed by atoms with Crippen LogP contribution in [-0.4, -0.2) is 47.9 Å². The molecule has 0 radical (unpaired) electrons. The van der Waals surface area contributed by atoms with E-state index in [0.717, 1.165) is 19.3 Å². The first-order valence-corrected chi connectivity index (χ1v) is 8.46. The van der Waals surface area contributed by atoms with E-state index < -0.39 is 23.2 Å². The van der Waals surface area contributed by atoms with E-state index in [9.17, 15) is 19.5 Å². The van der Waals surface area contributed by atoms with Crippen LogP contribution in [0.4, 0.5) is 0 Å². The Morgan fingerprint density at radius 2 is 1.74 bits per heavy atom. The van der Waals surface area contributed by atoms with Gasteiger partial charge in [0, 0.05) is 25.6 Å². The van der Waals surface area contributed by atoms with Crippen LogP contribution < -0.4 is 5.32 Å². The molecule has 1 rings (SSSR count). The summed E-state index contributed by atoms with van der Waals surface area (Å²) in [6.07, 6.45) is 3.72. The summed E-state index contributed by atoms with van der Waals surface area (Å²) >= 11 is 0. The molecule has 132 valence electrons. The van der Waals surface area contributed by atoms with Gasteiger partial charge in [-0.15, -0.1) is 0 Å². The lowest BCUT2D eigenvalue weighted by atomic mass is 9.78. The average Bonchev–Trinajstić information content (AvgIpc) is 2.53. The van der Waals surface area contributed by atoms with Crippen LogP contribution >= 0.6 is 0 Å². The number of carboxylic acid groups (broad SMARTS) is 1. The summed E-state index contributed by atoms with van der Waals surface area (Å²) in [5, 5.41) is 12.1. The zero-order chi connectivity index (χ0) is 17.6. The smallest absolute Gasteiger partial charge is 0.307 e. The largest absolute Gasteiger partial charge is 0.481 e. The van der Waals surface area contributed by atoms with Gasteiger partial charge in [-0.05, 0) is 19.3 Å². The Kier molecular flexibility index (Phi) is 7.03. The van der Waals surface area contributed by atoms with Crippen molar-refractivity contribution in [3.05, 3.63) is 0 Å². The zero-order valence-corrected chi connectivity index (χ0v) is 14.7. The molecule has 0 aromatic rings. The fourth-order valence-corrected chi connectivity index (χ4v) is 2.85. The predicted octanol–water partition coefficient (Wildman–Crippen LogP) is 1.89. The molecule has 1 saturated carbocycles. The Morgan fingerprint density at radius 3 is 2.26 bits per heavy atom. The maximum Gasteiger partial charge on any atom is 0.307 e. The molecule has 23 heavy (non-hydrogen) atoms. The van der Waals surface area contributed by atoms with Crippen molar-refractivity contribution in [1.29, 1.82) is 0 Å². The Labute approximate surface area is 138 Å². The monoisotopic (exact) mass is 326 g/mol. The van der Waals surface area contributed by atoms with Crippen molar-refractivity contribution < 1.29 is 19.5 Å². The lowest BCUT2D eigenvalue weighted by Gasteiger charge is -2.31. The first-order chi connectivity index (χ1) is 10.7. The molecule has 0 saturated heterocycles. The van der Waals surface area contributed by atoms with Gasteiger partial charge in [-0.3, -0.25) is 14.4 Å². The van der Waals surface area contributed by atoms with Crippen LogP contribution in [0.5, 0.6) is 0 Å². The van der Waals surface area contributed by atoms with Gasteiger partial charge in [0.1, 0.15) is 0 Å². The second-order valence-electron chi connectivity index (χ2n) is 7.09. The minimum Gasteiger partial charge on any atom is -0.481 e. The van der Waals surface area contributed by atoms with Crippen molar-refractivity contribution in [2.24, 2.45) is 17.3 Å². The molecule has 1 aliphatic carbocycles. The molecule has 0 aliphatic heterocycles. The first-order valence-electron chi connectivity index (χ1n) is 8.46. The van der Waals surface area contributed by atoms with Crippen LogP contribution in [0.1, 0.15) is 52.9 Å². The molecule has 0 heterocycles. The summed E-state index contributed by atoms with van der Waals surface area (Å²) in [6.45, 7) is 6.51. The third-order valence-electron chi connectivity index (χ3n) is 5.01. The van der Waals surface area contributed by atoms with Gasteiger partial charge >= 0.3 is 5.97 Å². The molecular formula is C17H30N2O4. The molecule has 6 heteroatoms. The van der Waals surface area contributed by atoms with Crippen LogP contribution in [-0.2, 0) is 14.4 Å². The highest BCUT2D eigenvalue weighted by molar-refractivity contribution is 5.85. The summed E-state index contributed by atoms with van der Waals surface area (Å²) in [5.41, 5.74) is -0.416. The Balaban J connectivity index is 2.50. The molecule has 0 aromatic heterocycles. The molecule has 0 spiro atoms. The number of aliphatic carboxylic acids is 1. The molecule has 6 nitrogen and oxygen atoms in total.